The van der Waals surface area contributed by atoms with Gasteiger partial charge in [0.2, 0.25) is 5.91 Å². The molecule has 1 amide bonds. The van der Waals surface area contributed by atoms with E-state index in [2.05, 4.69) is 4.98 Å². The van der Waals surface area contributed by atoms with Gasteiger partial charge in [-0.1, -0.05) is 0 Å². The topological polar surface area (TPSA) is 94.0 Å². The van der Waals surface area contributed by atoms with Crippen LogP contribution in [0.5, 0.6) is 0 Å². The lowest BCUT2D eigenvalue weighted by Gasteiger charge is -2.40. The van der Waals surface area contributed by atoms with Crippen molar-refractivity contribution in [2.24, 2.45) is 5.92 Å². The Kier molecular flexibility index (Phi) is 5.47. The van der Waals surface area contributed by atoms with Gasteiger partial charge in [0.05, 0.1) is 25.5 Å². The Hall–Kier alpha value is -1.49. The fourth-order valence-electron chi connectivity index (χ4n) is 4.25. The number of imidazole rings is 1. The number of nitrogens with zero attached hydrogens (tertiary/aromatic N) is 4. The Morgan fingerprint density at radius 3 is 2.61 bits per heavy atom. The number of aromatic nitrogens is 2. The average Bonchev–Trinajstić information content (AvgIpc) is 3.38. The van der Waals surface area contributed by atoms with Gasteiger partial charge in [0.15, 0.2) is 10.8 Å². The van der Waals surface area contributed by atoms with Crippen molar-refractivity contribution in [3.8, 4) is 0 Å². The van der Waals surface area contributed by atoms with Gasteiger partial charge < -0.3 is 18.9 Å². The summed E-state index contributed by atoms with van der Waals surface area (Å²) in [7, 11) is -3.68. The maximum atomic E-state index is 13.0. The lowest BCUT2D eigenvalue weighted by Crippen LogP contribution is -2.51. The molecular formula is C18H28N4O5S. The number of sulfonamides is 1. The number of rotatable bonds is 4. The normalized spacial score (nSPS) is 26.0. The lowest BCUT2D eigenvalue weighted by molar-refractivity contribution is -0.188. The molecule has 0 unspecified atom stereocenters. The zero-order valence-corrected chi connectivity index (χ0v) is 17.1. The summed E-state index contributed by atoms with van der Waals surface area (Å²) in [5.41, 5.74) is 0. The van der Waals surface area contributed by atoms with Crippen molar-refractivity contribution in [2.45, 2.75) is 50.0 Å². The van der Waals surface area contributed by atoms with Crippen molar-refractivity contribution in [1.29, 1.82) is 0 Å². The molecule has 28 heavy (non-hydrogen) atoms. The van der Waals surface area contributed by atoms with Crippen LogP contribution in [0.25, 0.3) is 0 Å². The highest BCUT2D eigenvalue weighted by molar-refractivity contribution is 7.89. The van der Waals surface area contributed by atoms with E-state index in [1.807, 2.05) is 11.8 Å². The van der Waals surface area contributed by atoms with Crippen LogP contribution in [0.2, 0.25) is 0 Å². The standard InChI is InChI=1S/C18H28N4O5S/c1-2-20-13-16(19-14-20)28(24,25)22-7-3-4-15(12-22)17(23)21-8-5-18(6-9-21)26-10-11-27-18/h13-15H,2-12H2,1H3/t15-/m1/s1. The van der Waals surface area contributed by atoms with Gasteiger partial charge in [0.1, 0.15) is 0 Å². The molecule has 1 spiro atoms. The molecule has 10 heteroatoms. The summed E-state index contributed by atoms with van der Waals surface area (Å²) in [4.78, 5) is 18.9. The number of piperidine rings is 2. The summed E-state index contributed by atoms with van der Waals surface area (Å²) >= 11 is 0. The zero-order chi connectivity index (χ0) is 19.8. The molecule has 3 aliphatic heterocycles. The molecule has 4 heterocycles. The molecule has 0 bridgehead atoms. The number of carbonyl (C=O) groups excluding carboxylic acids is 1. The van der Waals surface area contributed by atoms with E-state index in [1.54, 1.807) is 10.8 Å². The molecule has 9 nitrogen and oxygen atoms in total. The van der Waals surface area contributed by atoms with E-state index in [1.165, 1.54) is 10.6 Å². The molecule has 1 atom stereocenters. The second kappa shape index (κ2) is 7.74. The molecule has 3 aliphatic rings. The molecule has 1 aromatic heterocycles. The predicted molar refractivity (Wildman–Crippen MR) is 99.8 cm³/mol. The summed E-state index contributed by atoms with van der Waals surface area (Å²) < 4.78 is 40.4. The van der Waals surface area contributed by atoms with E-state index in [0.717, 1.165) is 0 Å². The van der Waals surface area contributed by atoms with E-state index in [4.69, 9.17) is 9.47 Å². The zero-order valence-electron chi connectivity index (χ0n) is 16.2. The van der Waals surface area contributed by atoms with Gasteiger partial charge in [0.25, 0.3) is 10.0 Å². The number of hydrogen-bond acceptors (Lipinski definition) is 6. The maximum Gasteiger partial charge on any atom is 0.262 e. The SMILES string of the molecule is CCn1cnc(S(=O)(=O)N2CCC[C@@H](C(=O)N3CCC4(CC3)OCCO4)C2)c1. The van der Waals surface area contributed by atoms with Crippen molar-refractivity contribution in [3.63, 3.8) is 0 Å². The van der Waals surface area contributed by atoms with Gasteiger partial charge in [-0.3, -0.25) is 4.79 Å². The highest BCUT2D eigenvalue weighted by Crippen LogP contribution is 2.32. The molecule has 0 aliphatic carbocycles. The Morgan fingerprint density at radius 1 is 1.25 bits per heavy atom. The minimum absolute atomic E-state index is 0.0341. The van der Waals surface area contributed by atoms with Crippen molar-refractivity contribution < 1.29 is 22.7 Å². The van der Waals surface area contributed by atoms with Crippen molar-refractivity contribution in [3.05, 3.63) is 12.5 Å². The third-order valence-corrected chi connectivity index (χ3v) is 7.71. The van der Waals surface area contributed by atoms with Gasteiger partial charge >= 0.3 is 0 Å². The van der Waals surface area contributed by atoms with Crippen LogP contribution in [-0.2, 0) is 30.8 Å². The second-order valence-corrected chi connectivity index (χ2v) is 9.56. The number of ether oxygens (including phenoxy) is 2. The highest BCUT2D eigenvalue weighted by Gasteiger charge is 2.42. The molecule has 3 saturated heterocycles. The molecular weight excluding hydrogens is 384 g/mol. The van der Waals surface area contributed by atoms with Crippen LogP contribution < -0.4 is 0 Å². The molecule has 0 saturated carbocycles. The van der Waals surface area contributed by atoms with Crippen LogP contribution in [0, 0.1) is 5.92 Å². The fourth-order valence-corrected chi connectivity index (χ4v) is 5.71. The molecule has 0 N–H and O–H groups in total. The van der Waals surface area contributed by atoms with Crippen LogP contribution in [0.15, 0.2) is 17.6 Å². The molecule has 3 fully saturated rings. The van der Waals surface area contributed by atoms with E-state index >= 15 is 0 Å². The third-order valence-electron chi connectivity index (χ3n) is 5.96. The first-order valence-electron chi connectivity index (χ1n) is 10.0. The number of amides is 1. The summed E-state index contributed by atoms with van der Waals surface area (Å²) in [5, 5.41) is 0.0536. The highest BCUT2D eigenvalue weighted by atomic mass is 32.2. The minimum Gasteiger partial charge on any atom is -0.347 e. The van der Waals surface area contributed by atoms with Crippen molar-refractivity contribution in [2.75, 3.05) is 39.4 Å². The van der Waals surface area contributed by atoms with Gasteiger partial charge in [-0.05, 0) is 19.8 Å². The van der Waals surface area contributed by atoms with Crippen LogP contribution in [0.3, 0.4) is 0 Å². The monoisotopic (exact) mass is 412 g/mol. The van der Waals surface area contributed by atoms with Crippen LogP contribution in [-0.4, -0.2) is 78.3 Å². The quantitative estimate of drug-likeness (QED) is 0.722. The Balaban J connectivity index is 1.40. The Morgan fingerprint density at radius 2 is 1.96 bits per heavy atom. The molecule has 0 radical (unpaired) electrons. The van der Waals surface area contributed by atoms with Crippen LogP contribution >= 0.6 is 0 Å². The van der Waals surface area contributed by atoms with E-state index in [0.29, 0.717) is 65.1 Å². The Labute approximate surface area is 165 Å². The molecule has 4 rings (SSSR count). The number of likely N-dealkylation sites (tertiary alicyclic amines) is 1. The fraction of sp³-hybridized carbons (Fsp3) is 0.778. The summed E-state index contributed by atoms with van der Waals surface area (Å²) in [5.74, 6) is -0.792. The van der Waals surface area contributed by atoms with Crippen molar-refractivity contribution >= 4 is 15.9 Å². The van der Waals surface area contributed by atoms with Gasteiger partial charge in [-0.2, -0.15) is 4.31 Å². The number of carbonyl (C=O) groups is 1. The second-order valence-electron chi connectivity index (χ2n) is 7.68. The van der Waals surface area contributed by atoms with E-state index in [-0.39, 0.29) is 23.4 Å². The number of hydrogen-bond donors (Lipinski definition) is 0. The predicted octanol–water partition coefficient (Wildman–Crippen LogP) is 0.669. The van der Waals surface area contributed by atoms with Gasteiger partial charge in [-0.25, -0.2) is 13.4 Å². The van der Waals surface area contributed by atoms with E-state index in [9.17, 15) is 13.2 Å². The van der Waals surface area contributed by atoms with Gasteiger partial charge in [-0.15, -0.1) is 0 Å². The third kappa shape index (κ3) is 3.70. The molecule has 1 aromatic rings. The maximum absolute atomic E-state index is 13.0. The largest absolute Gasteiger partial charge is 0.347 e. The first kappa shape index (κ1) is 19.8. The van der Waals surface area contributed by atoms with Crippen molar-refractivity contribution in [1.82, 2.24) is 18.8 Å². The Bertz CT molecular complexity index is 808. The average molecular weight is 413 g/mol. The smallest absolute Gasteiger partial charge is 0.262 e. The van der Waals surface area contributed by atoms with E-state index < -0.39 is 15.8 Å². The lowest BCUT2D eigenvalue weighted by atomic mass is 9.96. The van der Waals surface area contributed by atoms with Crippen LogP contribution in [0.4, 0.5) is 0 Å². The molecule has 156 valence electrons. The molecule has 0 aromatic carbocycles. The number of aryl methyl sites for hydroxylation is 1. The first-order valence-corrected chi connectivity index (χ1v) is 11.5. The summed E-state index contributed by atoms with van der Waals surface area (Å²) in [6.07, 6.45) is 5.80. The van der Waals surface area contributed by atoms with Gasteiger partial charge in [0, 0.05) is 51.8 Å². The summed E-state index contributed by atoms with van der Waals surface area (Å²) in [6, 6.07) is 0. The van der Waals surface area contributed by atoms with Crippen LogP contribution in [0.1, 0.15) is 32.6 Å². The summed E-state index contributed by atoms with van der Waals surface area (Å²) in [6.45, 7) is 5.62. The first-order chi connectivity index (χ1) is 13.4. The minimum atomic E-state index is -3.68.